The molecule has 1 aliphatic heterocycles. The van der Waals surface area contributed by atoms with E-state index in [9.17, 15) is 13.6 Å². The zero-order valence-electron chi connectivity index (χ0n) is 17.0. The highest BCUT2D eigenvalue weighted by Crippen LogP contribution is 2.32. The van der Waals surface area contributed by atoms with E-state index in [1.807, 2.05) is 36.4 Å². The van der Waals surface area contributed by atoms with Gasteiger partial charge >= 0.3 is 0 Å². The van der Waals surface area contributed by atoms with Gasteiger partial charge in [0.05, 0.1) is 5.69 Å². The molecule has 2 N–H and O–H groups in total. The average molecular weight is 473 g/mol. The normalized spacial score (nSPS) is 12.9. The van der Waals surface area contributed by atoms with Gasteiger partial charge in [-0.25, -0.2) is 4.21 Å². The molecule has 3 aromatic rings. The largest absolute Gasteiger partial charge is 0.454 e. The molecule has 0 fully saturated rings. The van der Waals surface area contributed by atoms with Crippen LogP contribution in [-0.2, 0) is 24.2 Å². The lowest BCUT2D eigenvalue weighted by atomic mass is 10.1. The number of ether oxygens (including phenoxy) is 2. The maximum absolute atomic E-state index is 12.5. The van der Waals surface area contributed by atoms with Gasteiger partial charge in [-0.15, -0.1) is 0 Å². The first-order valence-corrected chi connectivity index (χ1v) is 11.3. The molecule has 1 amide bonds. The lowest BCUT2D eigenvalue weighted by Gasteiger charge is -2.20. The lowest BCUT2D eigenvalue weighted by molar-refractivity contribution is 0.0951. The molecule has 0 aromatic heterocycles. The topological polar surface area (TPSA) is 88.1 Å². The van der Waals surface area contributed by atoms with Gasteiger partial charge in [-0.3, -0.25) is 13.7 Å². The minimum absolute atomic E-state index is 0.200. The average Bonchev–Trinajstić information content (AvgIpc) is 3.27. The predicted molar refractivity (Wildman–Crippen MR) is 123 cm³/mol. The SMILES string of the molecule is O=C(NCc1ccc2c(c1)OCO2)c1ccc(N(CCc2ccccc2Cl)S(=O)O)cc1. The van der Waals surface area contributed by atoms with Crippen molar-refractivity contribution in [1.82, 2.24) is 5.32 Å². The second-order valence-electron chi connectivity index (χ2n) is 7.09. The molecule has 1 aliphatic rings. The first-order valence-electron chi connectivity index (χ1n) is 9.90. The third-order valence-corrected chi connectivity index (χ3v) is 6.18. The number of nitrogens with zero attached hydrogens (tertiary/aromatic N) is 1. The van der Waals surface area contributed by atoms with E-state index in [4.69, 9.17) is 21.1 Å². The maximum Gasteiger partial charge on any atom is 0.261 e. The fourth-order valence-electron chi connectivity index (χ4n) is 3.33. The van der Waals surface area contributed by atoms with Crippen LogP contribution >= 0.6 is 11.6 Å². The summed E-state index contributed by atoms with van der Waals surface area (Å²) in [6.07, 6.45) is 0.504. The van der Waals surface area contributed by atoms with Gasteiger partial charge in [0.25, 0.3) is 17.2 Å². The molecule has 1 unspecified atom stereocenters. The van der Waals surface area contributed by atoms with Gasteiger partial charge in [0.1, 0.15) is 0 Å². The highest BCUT2D eigenvalue weighted by Gasteiger charge is 2.16. The van der Waals surface area contributed by atoms with Gasteiger partial charge in [-0.1, -0.05) is 35.9 Å². The number of anilines is 1. The fourth-order valence-corrected chi connectivity index (χ4v) is 4.11. The van der Waals surface area contributed by atoms with Gasteiger partial charge in [0.15, 0.2) is 11.5 Å². The Morgan fingerprint density at radius 3 is 2.56 bits per heavy atom. The van der Waals surface area contributed by atoms with Crippen LogP contribution in [0.25, 0.3) is 0 Å². The Morgan fingerprint density at radius 1 is 1.06 bits per heavy atom. The van der Waals surface area contributed by atoms with E-state index in [0.717, 1.165) is 11.1 Å². The van der Waals surface area contributed by atoms with E-state index in [1.54, 1.807) is 30.3 Å². The number of hydrogen-bond donors (Lipinski definition) is 2. The van der Waals surface area contributed by atoms with Crippen LogP contribution in [0.2, 0.25) is 5.02 Å². The van der Waals surface area contributed by atoms with Crippen molar-refractivity contribution in [2.75, 3.05) is 17.6 Å². The lowest BCUT2D eigenvalue weighted by Crippen LogP contribution is -2.28. The number of nitrogens with one attached hydrogen (secondary N) is 1. The van der Waals surface area contributed by atoms with Crippen molar-refractivity contribution in [2.45, 2.75) is 13.0 Å². The number of carbonyl (C=O) groups is 1. The van der Waals surface area contributed by atoms with Crippen molar-refractivity contribution in [3.05, 3.63) is 88.4 Å². The molecule has 3 aromatic carbocycles. The quantitative estimate of drug-likeness (QED) is 0.480. The second-order valence-corrected chi connectivity index (χ2v) is 8.40. The number of benzene rings is 3. The number of carbonyl (C=O) groups excluding carboxylic acids is 1. The van der Waals surface area contributed by atoms with Gasteiger partial charge in [0.2, 0.25) is 6.79 Å². The summed E-state index contributed by atoms with van der Waals surface area (Å²) in [6, 6.07) is 19.4. The zero-order valence-corrected chi connectivity index (χ0v) is 18.6. The smallest absolute Gasteiger partial charge is 0.261 e. The third kappa shape index (κ3) is 5.21. The summed E-state index contributed by atoms with van der Waals surface area (Å²) in [5.41, 5.74) is 2.76. The molecule has 166 valence electrons. The van der Waals surface area contributed by atoms with Crippen LogP contribution in [0, 0.1) is 0 Å². The van der Waals surface area contributed by atoms with Crippen molar-refractivity contribution in [1.29, 1.82) is 0 Å². The molecule has 4 rings (SSSR count). The molecule has 9 heteroatoms. The third-order valence-electron chi connectivity index (χ3n) is 5.04. The minimum Gasteiger partial charge on any atom is -0.454 e. The van der Waals surface area contributed by atoms with Crippen molar-refractivity contribution in [3.63, 3.8) is 0 Å². The van der Waals surface area contributed by atoms with Gasteiger partial charge in [-0.2, -0.15) is 0 Å². The summed E-state index contributed by atoms with van der Waals surface area (Å²) in [4.78, 5) is 12.5. The van der Waals surface area contributed by atoms with Crippen molar-refractivity contribution < 1.29 is 23.0 Å². The molecule has 0 aliphatic carbocycles. The highest BCUT2D eigenvalue weighted by molar-refractivity contribution is 7.80. The molecule has 0 saturated heterocycles. The first-order chi connectivity index (χ1) is 15.5. The highest BCUT2D eigenvalue weighted by atomic mass is 35.5. The van der Waals surface area contributed by atoms with E-state index in [1.165, 1.54) is 4.31 Å². The molecule has 0 saturated carbocycles. The molecule has 32 heavy (non-hydrogen) atoms. The van der Waals surface area contributed by atoms with Crippen LogP contribution in [0.15, 0.2) is 66.7 Å². The van der Waals surface area contributed by atoms with Gasteiger partial charge < -0.3 is 14.8 Å². The Bertz CT molecular complexity index is 1140. The number of rotatable bonds is 8. The Balaban J connectivity index is 1.37. The summed E-state index contributed by atoms with van der Waals surface area (Å²) in [5.74, 6) is 1.10. The number of amides is 1. The van der Waals surface area contributed by atoms with Crippen molar-refractivity contribution >= 4 is 34.5 Å². The standard InChI is InChI=1S/C23H21ClN2O5S/c24-20-4-2-1-3-17(20)11-12-26(32(28)29)19-8-6-18(7-9-19)23(27)25-14-16-5-10-21-22(13-16)31-15-30-21/h1-10,13H,11-12,14-15H2,(H,25,27)(H,28,29). The van der Waals surface area contributed by atoms with Crippen LogP contribution in [0.3, 0.4) is 0 Å². The Labute approximate surface area is 193 Å². The molecule has 1 atom stereocenters. The van der Waals surface area contributed by atoms with Crippen LogP contribution in [-0.4, -0.2) is 28.0 Å². The van der Waals surface area contributed by atoms with Gasteiger partial charge in [-0.05, 0) is 60.0 Å². The van der Waals surface area contributed by atoms with Crippen molar-refractivity contribution in [3.8, 4) is 11.5 Å². The number of halogens is 1. The molecular formula is C23H21ClN2O5S. The number of fused-ring (bicyclic) bond motifs is 1. The molecule has 0 spiro atoms. The molecule has 1 heterocycles. The Morgan fingerprint density at radius 2 is 1.81 bits per heavy atom. The second kappa shape index (κ2) is 10.0. The van der Waals surface area contributed by atoms with E-state index in [-0.39, 0.29) is 12.7 Å². The first kappa shape index (κ1) is 22.1. The predicted octanol–water partition coefficient (Wildman–Crippen LogP) is 4.18. The summed E-state index contributed by atoms with van der Waals surface area (Å²) < 4.78 is 33.6. The summed E-state index contributed by atoms with van der Waals surface area (Å²) in [5, 5.41) is 3.47. The van der Waals surface area contributed by atoms with E-state index < -0.39 is 11.3 Å². The summed E-state index contributed by atoms with van der Waals surface area (Å²) >= 11 is 3.96. The minimum atomic E-state index is -2.21. The van der Waals surface area contributed by atoms with Crippen LogP contribution in [0.4, 0.5) is 5.69 Å². The fraction of sp³-hybridized carbons (Fsp3) is 0.174. The van der Waals surface area contributed by atoms with E-state index in [2.05, 4.69) is 5.32 Å². The van der Waals surface area contributed by atoms with Crippen molar-refractivity contribution in [2.24, 2.45) is 0 Å². The number of hydrogen-bond acceptors (Lipinski definition) is 4. The molecule has 7 nitrogen and oxygen atoms in total. The van der Waals surface area contributed by atoms with Crippen LogP contribution in [0.5, 0.6) is 11.5 Å². The Hall–Kier alpha value is -3.07. The molecule has 0 radical (unpaired) electrons. The monoisotopic (exact) mass is 472 g/mol. The molecular weight excluding hydrogens is 452 g/mol. The van der Waals surface area contributed by atoms with Crippen LogP contribution < -0.4 is 19.1 Å². The maximum atomic E-state index is 12.5. The Kier molecular flexibility index (Phi) is 6.94. The zero-order chi connectivity index (χ0) is 22.5. The summed E-state index contributed by atoms with van der Waals surface area (Å²) in [6.45, 7) is 0.829. The summed E-state index contributed by atoms with van der Waals surface area (Å²) in [7, 11) is 0. The van der Waals surface area contributed by atoms with Gasteiger partial charge in [0, 0.05) is 23.7 Å². The van der Waals surface area contributed by atoms with E-state index >= 15 is 0 Å². The van der Waals surface area contributed by atoms with Crippen LogP contribution in [0.1, 0.15) is 21.5 Å². The van der Waals surface area contributed by atoms with E-state index in [0.29, 0.717) is 47.3 Å². The molecule has 0 bridgehead atoms.